The lowest BCUT2D eigenvalue weighted by molar-refractivity contribution is -0.125. The number of benzene rings is 1. The van der Waals surface area contributed by atoms with Gasteiger partial charge >= 0.3 is 0 Å². The number of nitriles is 1. The molecule has 3 atom stereocenters. The number of fused-ring (bicyclic) bond motifs is 1. The standard InChI is InChI=1S/C24H27ClFN5O3/c1-24(2)10-14(21(32)31-24)8-15(11-27)28-22(33)17(7-12-3-4-12)30-23(34)18-9-13-5-6-16(25)19(26)20(13)29-18/h5-6,9,12,14-15,17,29H,3-4,7-8,10H2,1-2H3,(H,28,33)(H,30,34)(H,31,32)/t14-,15+,17+/m1/s1. The van der Waals surface area contributed by atoms with Crippen LogP contribution in [0, 0.1) is 29.0 Å². The van der Waals surface area contributed by atoms with Crippen LogP contribution in [-0.4, -0.2) is 40.3 Å². The number of amides is 3. The lowest BCUT2D eigenvalue weighted by Gasteiger charge is -2.21. The first-order valence-corrected chi connectivity index (χ1v) is 11.7. The Morgan fingerprint density at radius 1 is 1.29 bits per heavy atom. The molecule has 1 aromatic heterocycles. The van der Waals surface area contributed by atoms with Crippen molar-refractivity contribution >= 4 is 40.2 Å². The van der Waals surface area contributed by atoms with Gasteiger partial charge in [-0.25, -0.2) is 4.39 Å². The van der Waals surface area contributed by atoms with Gasteiger partial charge in [-0.1, -0.05) is 30.5 Å². The van der Waals surface area contributed by atoms with E-state index >= 15 is 0 Å². The van der Waals surface area contributed by atoms with Crippen molar-refractivity contribution in [2.24, 2.45) is 11.8 Å². The molecule has 3 amide bonds. The Balaban J connectivity index is 1.44. The van der Waals surface area contributed by atoms with Crippen LogP contribution in [0.15, 0.2) is 18.2 Å². The van der Waals surface area contributed by atoms with Crippen LogP contribution in [0.5, 0.6) is 0 Å². The van der Waals surface area contributed by atoms with E-state index in [1.54, 1.807) is 6.07 Å². The van der Waals surface area contributed by atoms with Gasteiger partial charge in [0.05, 0.1) is 16.6 Å². The molecule has 1 saturated carbocycles. The normalized spacial score (nSPS) is 20.9. The number of carbonyl (C=O) groups excluding carboxylic acids is 3. The number of aromatic nitrogens is 1. The Labute approximate surface area is 201 Å². The highest BCUT2D eigenvalue weighted by Crippen LogP contribution is 2.34. The number of nitrogens with zero attached hydrogens (tertiary/aromatic N) is 1. The average molecular weight is 488 g/mol. The summed E-state index contributed by atoms with van der Waals surface area (Å²) in [6.45, 7) is 3.83. The molecule has 180 valence electrons. The minimum absolute atomic E-state index is 0.0610. The van der Waals surface area contributed by atoms with Crippen molar-refractivity contribution < 1.29 is 18.8 Å². The van der Waals surface area contributed by atoms with Crippen LogP contribution in [-0.2, 0) is 9.59 Å². The zero-order chi connectivity index (χ0) is 24.6. The molecule has 1 aliphatic heterocycles. The molecule has 1 saturated heterocycles. The smallest absolute Gasteiger partial charge is 0.268 e. The van der Waals surface area contributed by atoms with E-state index in [-0.39, 0.29) is 40.0 Å². The second-order valence-corrected chi connectivity index (χ2v) is 10.3. The van der Waals surface area contributed by atoms with E-state index in [1.165, 1.54) is 12.1 Å². The van der Waals surface area contributed by atoms with Gasteiger partial charge in [0.1, 0.15) is 17.8 Å². The number of H-pyrrole nitrogens is 1. The van der Waals surface area contributed by atoms with Crippen molar-refractivity contribution in [3.63, 3.8) is 0 Å². The van der Waals surface area contributed by atoms with Crippen LogP contribution in [0.1, 0.15) is 56.4 Å². The molecule has 8 nitrogen and oxygen atoms in total. The maximum Gasteiger partial charge on any atom is 0.268 e. The summed E-state index contributed by atoms with van der Waals surface area (Å²) >= 11 is 5.81. The zero-order valence-corrected chi connectivity index (χ0v) is 19.8. The second kappa shape index (κ2) is 9.26. The fourth-order valence-electron chi connectivity index (χ4n) is 4.50. The van der Waals surface area contributed by atoms with Crippen molar-refractivity contribution in [3.05, 3.63) is 34.7 Å². The highest BCUT2D eigenvalue weighted by atomic mass is 35.5. The Bertz CT molecular complexity index is 1180. The van der Waals surface area contributed by atoms with Crippen molar-refractivity contribution in [2.75, 3.05) is 0 Å². The van der Waals surface area contributed by atoms with E-state index in [0.717, 1.165) is 12.8 Å². The van der Waals surface area contributed by atoms with Crippen molar-refractivity contribution in [1.29, 1.82) is 5.26 Å². The Morgan fingerprint density at radius 2 is 2.03 bits per heavy atom. The quantitative estimate of drug-likeness (QED) is 0.456. The molecule has 0 unspecified atom stereocenters. The van der Waals surface area contributed by atoms with Crippen LogP contribution in [0.25, 0.3) is 10.9 Å². The molecule has 0 bridgehead atoms. The summed E-state index contributed by atoms with van der Waals surface area (Å²) in [5.74, 6) is -1.87. The van der Waals surface area contributed by atoms with Gasteiger partial charge in [-0.05, 0) is 51.2 Å². The number of aromatic amines is 1. The molecule has 4 N–H and O–H groups in total. The first-order valence-electron chi connectivity index (χ1n) is 11.4. The molecular formula is C24H27ClFN5O3. The van der Waals surface area contributed by atoms with Crippen LogP contribution < -0.4 is 16.0 Å². The third-order valence-corrected chi connectivity index (χ3v) is 6.69. The summed E-state index contributed by atoms with van der Waals surface area (Å²) in [6, 6.07) is 4.84. The predicted octanol–water partition coefficient (Wildman–Crippen LogP) is 3.17. The minimum atomic E-state index is -0.861. The maximum absolute atomic E-state index is 14.3. The summed E-state index contributed by atoms with van der Waals surface area (Å²) in [5, 5.41) is 18.3. The van der Waals surface area contributed by atoms with Gasteiger partial charge in [-0.15, -0.1) is 0 Å². The molecule has 0 radical (unpaired) electrons. The molecule has 1 aliphatic carbocycles. The predicted molar refractivity (Wildman–Crippen MR) is 124 cm³/mol. The van der Waals surface area contributed by atoms with E-state index in [0.29, 0.717) is 24.1 Å². The monoisotopic (exact) mass is 487 g/mol. The molecular weight excluding hydrogens is 461 g/mol. The van der Waals surface area contributed by atoms with E-state index in [2.05, 4.69) is 27.0 Å². The number of halogens is 2. The zero-order valence-electron chi connectivity index (χ0n) is 19.0. The van der Waals surface area contributed by atoms with Crippen molar-refractivity contribution in [1.82, 2.24) is 20.9 Å². The number of nitrogens with one attached hydrogen (secondary N) is 4. The molecule has 10 heteroatoms. The van der Waals surface area contributed by atoms with Gasteiger partial charge in [0, 0.05) is 16.8 Å². The van der Waals surface area contributed by atoms with Crippen LogP contribution in [0.3, 0.4) is 0 Å². The third-order valence-electron chi connectivity index (χ3n) is 6.40. The van der Waals surface area contributed by atoms with Crippen LogP contribution in [0.4, 0.5) is 4.39 Å². The van der Waals surface area contributed by atoms with Crippen LogP contribution >= 0.6 is 11.6 Å². The first kappa shape index (κ1) is 24.0. The number of hydrogen-bond donors (Lipinski definition) is 4. The fraction of sp³-hybridized carbons (Fsp3) is 0.500. The highest BCUT2D eigenvalue weighted by Gasteiger charge is 2.39. The average Bonchev–Trinajstić information content (AvgIpc) is 3.41. The number of hydrogen-bond acceptors (Lipinski definition) is 4. The van der Waals surface area contributed by atoms with E-state index < -0.39 is 29.7 Å². The highest BCUT2D eigenvalue weighted by molar-refractivity contribution is 6.31. The van der Waals surface area contributed by atoms with E-state index in [4.69, 9.17) is 11.6 Å². The maximum atomic E-state index is 14.3. The lowest BCUT2D eigenvalue weighted by atomic mass is 9.92. The van der Waals surface area contributed by atoms with Gasteiger partial charge in [-0.3, -0.25) is 14.4 Å². The summed E-state index contributed by atoms with van der Waals surface area (Å²) < 4.78 is 14.3. The van der Waals surface area contributed by atoms with Crippen molar-refractivity contribution in [2.45, 2.75) is 63.6 Å². The summed E-state index contributed by atoms with van der Waals surface area (Å²) in [4.78, 5) is 40.8. The largest absolute Gasteiger partial charge is 0.351 e. The van der Waals surface area contributed by atoms with Gasteiger partial charge < -0.3 is 20.9 Å². The van der Waals surface area contributed by atoms with Gasteiger partial charge in [-0.2, -0.15) is 5.26 Å². The first-order chi connectivity index (χ1) is 16.1. The Kier molecular flexibility index (Phi) is 6.54. The Hall–Kier alpha value is -3.12. The lowest BCUT2D eigenvalue weighted by Crippen LogP contribution is -2.50. The SMILES string of the molecule is CC1(C)C[C@@H](C[C@@H](C#N)NC(=O)[C@H](CC2CC2)NC(=O)c2cc3ccc(Cl)c(F)c3[nH]2)C(=O)N1. The number of rotatable bonds is 8. The van der Waals surface area contributed by atoms with E-state index in [9.17, 15) is 24.0 Å². The summed E-state index contributed by atoms with van der Waals surface area (Å²) in [6.07, 6.45) is 3.14. The summed E-state index contributed by atoms with van der Waals surface area (Å²) in [5.41, 5.74) is -0.132. The van der Waals surface area contributed by atoms with Gasteiger partial charge in [0.25, 0.3) is 5.91 Å². The molecule has 0 spiro atoms. The van der Waals surface area contributed by atoms with Crippen LogP contribution in [0.2, 0.25) is 5.02 Å². The molecule has 4 rings (SSSR count). The van der Waals surface area contributed by atoms with Gasteiger partial charge in [0.15, 0.2) is 5.82 Å². The second-order valence-electron chi connectivity index (χ2n) is 9.91. The minimum Gasteiger partial charge on any atom is -0.351 e. The van der Waals surface area contributed by atoms with Crippen molar-refractivity contribution in [3.8, 4) is 6.07 Å². The molecule has 2 heterocycles. The topological polar surface area (TPSA) is 127 Å². The molecule has 1 aromatic carbocycles. The third kappa shape index (κ3) is 5.33. The fourth-order valence-corrected chi connectivity index (χ4v) is 4.66. The molecule has 2 aliphatic rings. The Morgan fingerprint density at radius 3 is 2.65 bits per heavy atom. The van der Waals surface area contributed by atoms with E-state index in [1.807, 2.05) is 13.8 Å². The number of carbonyl (C=O) groups is 3. The molecule has 2 fully saturated rings. The summed E-state index contributed by atoms with van der Waals surface area (Å²) in [7, 11) is 0. The molecule has 34 heavy (non-hydrogen) atoms. The molecule has 2 aromatic rings. The van der Waals surface area contributed by atoms with Gasteiger partial charge in [0.2, 0.25) is 11.8 Å².